The van der Waals surface area contributed by atoms with E-state index in [9.17, 15) is 18.8 Å². The Hall–Kier alpha value is -2.96. The number of urea groups is 1. The molecule has 1 N–H and O–H groups in total. The zero-order valence-corrected chi connectivity index (χ0v) is 18.1. The Morgan fingerprint density at radius 1 is 1.20 bits per heavy atom. The summed E-state index contributed by atoms with van der Waals surface area (Å²) in [5.74, 6) is -0.675. The van der Waals surface area contributed by atoms with Crippen LogP contribution in [0.3, 0.4) is 0 Å². The maximum absolute atomic E-state index is 13.7. The molecule has 1 aliphatic heterocycles. The molecule has 0 unspecified atom stereocenters. The minimum Gasteiger partial charge on any atom is -0.323 e. The molecule has 0 radical (unpaired) electrons. The van der Waals surface area contributed by atoms with Crippen molar-refractivity contribution in [1.29, 1.82) is 0 Å². The van der Waals surface area contributed by atoms with E-state index in [2.05, 4.69) is 19.2 Å². The van der Waals surface area contributed by atoms with Gasteiger partial charge in [-0.25, -0.2) is 9.18 Å². The van der Waals surface area contributed by atoms with Gasteiger partial charge in [0.05, 0.1) is 6.54 Å². The summed E-state index contributed by atoms with van der Waals surface area (Å²) in [6.07, 6.45) is 1.31. The lowest BCUT2D eigenvalue weighted by Gasteiger charge is -2.22. The molecule has 6 nitrogen and oxygen atoms in total. The summed E-state index contributed by atoms with van der Waals surface area (Å²) >= 11 is 0. The van der Waals surface area contributed by atoms with Crippen molar-refractivity contribution in [2.45, 2.75) is 53.0 Å². The van der Waals surface area contributed by atoms with E-state index in [0.29, 0.717) is 29.3 Å². The number of carbonyl (C=O) groups is 3. The molecule has 2 heterocycles. The van der Waals surface area contributed by atoms with Crippen molar-refractivity contribution in [2.24, 2.45) is 5.92 Å². The molecule has 0 bridgehead atoms. The Kier molecular flexibility index (Phi) is 5.83. The lowest BCUT2D eigenvalue weighted by atomic mass is 9.92. The Morgan fingerprint density at radius 3 is 2.53 bits per heavy atom. The molecule has 1 aromatic carbocycles. The first-order valence-corrected chi connectivity index (χ1v) is 10.2. The molecule has 0 spiro atoms. The number of Topliss-reactive ketones (excluding diaryl/α,β-unsaturated/α-hetero) is 1. The molecule has 1 fully saturated rings. The van der Waals surface area contributed by atoms with Crippen LogP contribution in [0.25, 0.3) is 5.69 Å². The molecule has 7 heteroatoms. The third kappa shape index (κ3) is 4.01. The van der Waals surface area contributed by atoms with Crippen LogP contribution in [0.15, 0.2) is 30.3 Å². The normalized spacial score (nSPS) is 19.0. The Labute approximate surface area is 176 Å². The highest BCUT2D eigenvalue weighted by atomic mass is 19.1. The fourth-order valence-electron chi connectivity index (χ4n) is 3.92. The van der Waals surface area contributed by atoms with Crippen LogP contribution in [0, 0.1) is 25.6 Å². The van der Waals surface area contributed by atoms with E-state index in [1.807, 2.05) is 6.92 Å². The third-order valence-corrected chi connectivity index (χ3v) is 5.67. The summed E-state index contributed by atoms with van der Waals surface area (Å²) in [5, 5.41) is 2.74. The number of aryl methyl sites for hydroxylation is 1. The predicted octanol–water partition coefficient (Wildman–Crippen LogP) is 4.16. The number of amides is 3. The molecule has 0 saturated carbocycles. The fraction of sp³-hybridized carbons (Fsp3) is 0.435. The van der Waals surface area contributed by atoms with Gasteiger partial charge in [0.2, 0.25) is 0 Å². The van der Waals surface area contributed by atoms with E-state index in [0.717, 1.165) is 17.0 Å². The standard InChI is InChI=1S/C23H28FN3O3/c1-14(2)9-10-23(5)21(29)26(22(30)25-23)13-20(28)19-11-15(3)27(16(19)4)18-8-6-7-17(24)12-18/h6-8,11-12,14H,9-10,13H2,1-5H3,(H,25,30)/t23-/m0/s1. The van der Waals surface area contributed by atoms with Gasteiger partial charge in [0.25, 0.3) is 5.91 Å². The van der Waals surface area contributed by atoms with E-state index < -0.39 is 11.6 Å². The number of carbonyl (C=O) groups excluding carboxylic acids is 3. The van der Waals surface area contributed by atoms with E-state index in [1.54, 1.807) is 36.6 Å². The number of aromatic nitrogens is 1. The number of nitrogens with zero attached hydrogens (tertiary/aromatic N) is 2. The first-order chi connectivity index (χ1) is 14.0. The Morgan fingerprint density at radius 2 is 1.90 bits per heavy atom. The van der Waals surface area contributed by atoms with Crippen molar-refractivity contribution in [3.63, 3.8) is 0 Å². The SMILES string of the molecule is Cc1cc(C(=O)CN2C(=O)N[C@@](C)(CCC(C)C)C2=O)c(C)n1-c1cccc(F)c1. The maximum atomic E-state index is 13.7. The molecule has 1 atom stereocenters. The topological polar surface area (TPSA) is 71.4 Å². The largest absolute Gasteiger partial charge is 0.325 e. The van der Waals surface area contributed by atoms with Gasteiger partial charge in [-0.05, 0) is 63.8 Å². The van der Waals surface area contributed by atoms with Crippen molar-refractivity contribution in [3.8, 4) is 5.69 Å². The van der Waals surface area contributed by atoms with Gasteiger partial charge in [-0.15, -0.1) is 0 Å². The summed E-state index contributed by atoms with van der Waals surface area (Å²) < 4.78 is 15.4. The molecule has 0 aliphatic carbocycles. The van der Waals surface area contributed by atoms with Crippen LogP contribution in [0.5, 0.6) is 0 Å². The molecule has 3 amide bonds. The number of rotatable bonds is 7. The van der Waals surface area contributed by atoms with Gasteiger partial charge in [-0.2, -0.15) is 0 Å². The zero-order chi connectivity index (χ0) is 22.2. The first-order valence-electron chi connectivity index (χ1n) is 10.2. The number of ketones is 1. The molecule has 3 rings (SSSR count). The van der Waals surface area contributed by atoms with Gasteiger partial charge in [0, 0.05) is 22.6 Å². The molecule has 1 aliphatic rings. The van der Waals surface area contributed by atoms with Crippen LogP contribution in [0.4, 0.5) is 9.18 Å². The number of hydrogen-bond donors (Lipinski definition) is 1. The molecular weight excluding hydrogens is 385 g/mol. The van der Waals surface area contributed by atoms with Crippen LogP contribution in [0.2, 0.25) is 0 Å². The van der Waals surface area contributed by atoms with Crippen molar-refractivity contribution in [2.75, 3.05) is 6.54 Å². The second-order valence-electron chi connectivity index (χ2n) is 8.61. The molecule has 2 aromatic rings. The summed E-state index contributed by atoms with van der Waals surface area (Å²) in [7, 11) is 0. The van der Waals surface area contributed by atoms with Crippen molar-refractivity contribution >= 4 is 17.7 Å². The van der Waals surface area contributed by atoms with Crippen LogP contribution >= 0.6 is 0 Å². The smallest absolute Gasteiger partial charge is 0.323 e. The second kappa shape index (κ2) is 8.05. The number of nitrogens with one attached hydrogen (secondary N) is 1. The first kappa shape index (κ1) is 21.7. The summed E-state index contributed by atoms with van der Waals surface area (Å²) in [6.45, 7) is 9.08. The number of halogens is 1. The predicted molar refractivity (Wildman–Crippen MR) is 112 cm³/mol. The average Bonchev–Trinajstić information content (AvgIpc) is 3.08. The van der Waals surface area contributed by atoms with Gasteiger partial charge in [0.1, 0.15) is 11.4 Å². The van der Waals surface area contributed by atoms with Crippen LogP contribution < -0.4 is 5.32 Å². The minimum absolute atomic E-state index is 0.324. The quantitative estimate of drug-likeness (QED) is 0.547. The van der Waals surface area contributed by atoms with E-state index in [-0.39, 0.29) is 24.1 Å². The highest BCUT2D eigenvalue weighted by molar-refractivity contribution is 6.11. The molecular formula is C23H28FN3O3. The van der Waals surface area contributed by atoms with Gasteiger partial charge in [-0.3, -0.25) is 14.5 Å². The van der Waals surface area contributed by atoms with Crippen LogP contribution in [0.1, 0.15) is 55.4 Å². The maximum Gasteiger partial charge on any atom is 0.325 e. The van der Waals surface area contributed by atoms with Crippen molar-refractivity contribution in [1.82, 2.24) is 14.8 Å². The minimum atomic E-state index is -0.986. The van der Waals surface area contributed by atoms with Gasteiger partial charge < -0.3 is 9.88 Å². The average molecular weight is 413 g/mol. The summed E-state index contributed by atoms with van der Waals surface area (Å²) in [6, 6.07) is 7.28. The summed E-state index contributed by atoms with van der Waals surface area (Å²) in [4.78, 5) is 39.3. The van der Waals surface area contributed by atoms with E-state index in [4.69, 9.17) is 0 Å². The lowest BCUT2D eigenvalue weighted by molar-refractivity contribution is -0.130. The molecule has 160 valence electrons. The highest BCUT2D eigenvalue weighted by Gasteiger charge is 2.48. The van der Waals surface area contributed by atoms with Gasteiger partial charge >= 0.3 is 6.03 Å². The Bertz CT molecular complexity index is 1010. The van der Waals surface area contributed by atoms with E-state index >= 15 is 0 Å². The third-order valence-electron chi connectivity index (χ3n) is 5.67. The van der Waals surface area contributed by atoms with Crippen molar-refractivity contribution < 1.29 is 18.8 Å². The van der Waals surface area contributed by atoms with Crippen molar-refractivity contribution in [3.05, 3.63) is 53.1 Å². The number of benzene rings is 1. The molecule has 30 heavy (non-hydrogen) atoms. The monoisotopic (exact) mass is 413 g/mol. The molecule has 1 saturated heterocycles. The zero-order valence-electron chi connectivity index (χ0n) is 18.1. The Balaban J connectivity index is 1.82. The lowest BCUT2D eigenvalue weighted by Crippen LogP contribution is -2.44. The van der Waals surface area contributed by atoms with Crippen LogP contribution in [-0.2, 0) is 4.79 Å². The van der Waals surface area contributed by atoms with Gasteiger partial charge in [0.15, 0.2) is 5.78 Å². The highest BCUT2D eigenvalue weighted by Crippen LogP contribution is 2.26. The number of hydrogen-bond acceptors (Lipinski definition) is 3. The van der Waals surface area contributed by atoms with Crippen LogP contribution in [-0.4, -0.2) is 39.3 Å². The second-order valence-corrected chi connectivity index (χ2v) is 8.61. The molecule has 1 aromatic heterocycles. The summed E-state index contributed by atoms with van der Waals surface area (Å²) in [5.41, 5.74) is 1.44. The fourth-order valence-corrected chi connectivity index (χ4v) is 3.92. The van der Waals surface area contributed by atoms with Gasteiger partial charge in [-0.1, -0.05) is 19.9 Å². The van der Waals surface area contributed by atoms with E-state index in [1.165, 1.54) is 12.1 Å². The number of imide groups is 1.